The molecule has 15 heavy (non-hydrogen) atoms. The van der Waals surface area contributed by atoms with E-state index in [1.54, 1.807) is 0 Å². The number of carboxylic acids is 2. The van der Waals surface area contributed by atoms with Crippen LogP contribution in [0.4, 0.5) is 0 Å². The van der Waals surface area contributed by atoms with Gasteiger partial charge < -0.3 is 15.1 Å². The Morgan fingerprint density at radius 3 is 1.13 bits per heavy atom. The predicted octanol–water partition coefficient (Wildman–Crippen LogP) is -0.950. The van der Waals surface area contributed by atoms with Crippen molar-refractivity contribution in [1.82, 2.24) is 0 Å². The van der Waals surface area contributed by atoms with E-state index in [1.165, 1.54) is 0 Å². The maximum Gasteiger partial charge on any atom is 0.330 e. The quantitative estimate of drug-likeness (QED) is 0.166. The van der Waals surface area contributed by atoms with Gasteiger partial charge in [-0.05, 0) is 0 Å². The van der Waals surface area contributed by atoms with Gasteiger partial charge in [-0.25, -0.2) is 5.26 Å². The molecular formula is C5H10Cs2O7Pd. The van der Waals surface area contributed by atoms with Gasteiger partial charge in [-0.3, -0.25) is 14.4 Å². The topological polar surface area (TPSA) is 121 Å². The molecule has 0 aliphatic heterocycles. The molecule has 0 aliphatic rings. The van der Waals surface area contributed by atoms with Gasteiger partial charge in [0.15, 0.2) is 0 Å². The molecule has 0 saturated heterocycles. The first-order valence-electron chi connectivity index (χ1n) is 2.51. The maximum absolute atomic E-state index is 9.00. The van der Waals surface area contributed by atoms with E-state index in [0.717, 1.165) is 13.8 Å². The van der Waals surface area contributed by atoms with Crippen LogP contribution in [0, 0.1) is 0 Å². The number of rotatable bonds is 1. The molecule has 7 nitrogen and oxygen atoms in total. The van der Waals surface area contributed by atoms with Crippen LogP contribution < -0.4 is 0 Å². The molecule has 0 fully saturated rings. The number of hydrogen-bond donors (Lipinski definition) is 3. The van der Waals surface area contributed by atoms with Crippen molar-refractivity contribution in [3.05, 3.63) is 0 Å². The maximum atomic E-state index is 9.00. The molecule has 10 heteroatoms. The van der Waals surface area contributed by atoms with Crippen LogP contribution in [0.1, 0.15) is 13.8 Å². The number of carbonyl (C=O) groups excluding carboxylic acids is 1. The minimum Gasteiger partial charge on any atom is -0.481 e. The molecule has 2 radical (unpaired) electrons. The molecule has 84 valence electrons. The Labute approximate surface area is 219 Å². The van der Waals surface area contributed by atoms with Crippen LogP contribution in [0.5, 0.6) is 0 Å². The summed E-state index contributed by atoms with van der Waals surface area (Å²) in [7, 11) is 0. The van der Waals surface area contributed by atoms with Crippen LogP contribution in [-0.2, 0) is 39.7 Å². The van der Waals surface area contributed by atoms with Crippen molar-refractivity contribution in [2.24, 2.45) is 0 Å². The average Bonchev–Trinajstić information content (AvgIpc) is 1.85. The van der Waals surface area contributed by atoms with Crippen molar-refractivity contribution in [1.29, 1.82) is 0 Å². The van der Waals surface area contributed by atoms with E-state index in [0.29, 0.717) is 0 Å². The fourth-order valence-electron chi connectivity index (χ4n) is 0. The van der Waals surface area contributed by atoms with Gasteiger partial charge in [-0.1, -0.05) is 0 Å². The molecule has 0 aromatic carbocycles. The Morgan fingerprint density at radius 1 is 1.07 bits per heavy atom. The normalized spacial score (nSPS) is 4.73. The Kier molecular flexibility index (Phi) is 86.7. The van der Waals surface area contributed by atoms with Crippen molar-refractivity contribution < 1.29 is 55.2 Å². The molecule has 0 aliphatic carbocycles. The van der Waals surface area contributed by atoms with Crippen molar-refractivity contribution in [2.45, 2.75) is 13.8 Å². The summed E-state index contributed by atoms with van der Waals surface area (Å²) in [6.07, 6.45) is 0. The summed E-state index contributed by atoms with van der Waals surface area (Å²) in [6.45, 7) is 2.10. The fraction of sp³-hybridized carbons (Fsp3) is 0.400. The number of hydrogen-bond acceptors (Lipinski definition) is 5. The van der Waals surface area contributed by atoms with Gasteiger partial charge in [-0.15, -0.1) is 0 Å². The first-order chi connectivity index (χ1) is 5.38. The number of aliphatic carboxylic acids is 2. The third-order valence-electron chi connectivity index (χ3n) is 0.0430. The second-order valence-corrected chi connectivity index (χ2v) is 1.24. The first-order valence-corrected chi connectivity index (χ1v) is 2.51. The molecule has 0 aromatic heterocycles. The second-order valence-electron chi connectivity index (χ2n) is 1.24. The molecular weight excluding hydrogens is 544 g/mol. The van der Waals surface area contributed by atoms with Gasteiger partial charge in [0.2, 0.25) is 0 Å². The number of carbonyl (C=O) groups is 3. The van der Waals surface area contributed by atoms with E-state index in [-0.39, 0.29) is 165 Å². The largest absolute Gasteiger partial charge is 0.481 e. The van der Waals surface area contributed by atoms with E-state index in [2.05, 4.69) is 4.89 Å². The third kappa shape index (κ3) is 229. The number of carboxylic acid groups (broad SMARTS) is 2. The van der Waals surface area contributed by atoms with Crippen LogP contribution in [-0.4, -0.2) is 172 Å². The van der Waals surface area contributed by atoms with Gasteiger partial charge >= 0.3 is 6.47 Å². The fourth-order valence-corrected chi connectivity index (χ4v) is 0. The molecule has 0 atom stereocenters. The van der Waals surface area contributed by atoms with Gasteiger partial charge in [0.05, 0.1) is 0 Å². The van der Waals surface area contributed by atoms with E-state index in [1.807, 2.05) is 0 Å². The van der Waals surface area contributed by atoms with Crippen molar-refractivity contribution in [3.63, 3.8) is 0 Å². The first kappa shape index (κ1) is 36.2. The predicted molar refractivity (Wildman–Crippen MR) is 47.9 cm³/mol. The second kappa shape index (κ2) is 36.0. The molecule has 0 rings (SSSR count). The van der Waals surface area contributed by atoms with Crippen LogP contribution >= 0.6 is 0 Å². The Balaban J connectivity index is -0.0000000184. The Bertz CT molecular complexity index is 123. The third-order valence-corrected chi connectivity index (χ3v) is 0.0430. The molecule has 0 heterocycles. The van der Waals surface area contributed by atoms with Crippen molar-refractivity contribution in [2.75, 3.05) is 0 Å². The molecule has 3 N–H and O–H groups in total. The molecule has 0 amide bonds. The smallest absolute Gasteiger partial charge is 0.330 e. The molecule has 0 unspecified atom stereocenters. The van der Waals surface area contributed by atoms with E-state index in [9.17, 15) is 0 Å². The minimum absolute atomic E-state index is 0. The summed E-state index contributed by atoms with van der Waals surface area (Å²) in [5, 5.41) is 21.8. The SMILES string of the molecule is CC(=O)O.CC(=O)O.O=COO.[Cs].[Cs].[Pd]. The summed E-state index contributed by atoms with van der Waals surface area (Å²) >= 11 is 0. The zero-order valence-corrected chi connectivity index (χ0v) is 23.0. The molecule has 0 aromatic rings. The van der Waals surface area contributed by atoms with Crippen molar-refractivity contribution in [3.8, 4) is 0 Å². The van der Waals surface area contributed by atoms with Gasteiger partial charge in [0.25, 0.3) is 11.9 Å². The zero-order chi connectivity index (χ0) is 10.6. The standard InChI is InChI=1S/2C2H4O2.CH2O3.2Cs.Pd/c2*1-2(3)4;2-1-4-3;;;/h2*1H3,(H,3,4);1,3H;;;. The monoisotopic (exact) mass is 554 g/mol. The zero-order valence-electron chi connectivity index (χ0n) is 8.87. The summed E-state index contributed by atoms with van der Waals surface area (Å²) in [6, 6.07) is 0. The van der Waals surface area contributed by atoms with E-state index in [4.69, 9.17) is 29.9 Å². The summed E-state index contributed by atoms with van der Waals surface area (Å²) in [4.78, 5) is 29.6. The van der Waals surface area contributed by atoms with Crippen LogP contribution in [0.15, 0.2) is 0 Å². The van der Waals surface area contributed by atoms with Crippen molar-refractivity contribution >= 4 is 156 Å². The summed E-state index contributed by atoms with van der Waals surface area (Å²) in [5.41, 5.74) is 0. The average molecular weight is 554 g/mol. The summed E-state index contributed by atoms with van der Waals surface area (Å²) < 4.78 is 0. The summed E-state index contributed by atoms with van der Waals surface area (Å²) in [5.74, 6) is -1.67. The van der Waals surface area contributed by atoms with Crippen LogP contribution in [0.2, 0.25) is 0 Å². The minimum atomic E-state index is -0.833. The van der Waals surface area contributed by atoms with Gasteiger partial charge in [-0.2, -0.15) is 0 Å². The van der Waals surface area contributed by atoms with Crippen LogP contribution in [0.25, 0.3) is 0 Å². The molecule has 0 saturated carbocycles. The van der Waals surface area contributed by atoms with E-state index < -0.39 is 11.9 Å². The van der Waals surface area contributed by atoms with E-state index >= 15 is 0 Å². The Morgan fingerprint density at radius 2 is 1.13 bits per heavy atom. The van der Waals surface area contributed by atoms with Gasteiger partial charge in [0, 0.05) is 172 Å². The van der Waals surface area contributed by atoms with Gasteiger partial charge in [0.1, 0.15) is 0 Å². The Hall–Kier alpha value is 3.14. The molecule has 0 bridgehead atoms. The van der Waals surface area contributed by atoms with Crippen LogP contribution in [0.3, 0.4) is 0 Å². The molecule has 0 spiro atoms.